The summed E-state index contributed by atoms with van der Waals surface area (Å²) in [7, 11) is 0. The number of aliphatic hydroxyl groups excluding tert-OH is 2. The SMILES string of the molecule is N#CC(O)C(O)c1ccc(OCc2cccc(F)c2)cc1. The Morgan fingerprint density at radius 1 is 1.14 bits per heavy atom. The molecule has 0 spiro atoms. The van der Waals surface area contributed by atoms with Gasteiger partial charge in [0, 0.05) is 0 Å². The Bertz CT molecular complexity index is 637. The van der Waals surface area contributed by atoms with Crippen molar-refractivity contribution in [1.29, 1.82) is 5.26 Å². The van der Waals surface area contributed by atoms with Gasteiger partial charge in [0.05, 0.1) is 6.07 Å². The number of halogens is 1. The van der Waals surface area contributed by atoms with Crippen LogP contribution in [0.1, 0.15) is 17.2 Å². The molecule has 5 heteroatoms. The van der Waals surface area contributed by atoms with Gasteiger partial charge in [0.25, 0.3) is 0 Å². The summed E-state index contributed by atoms with van der Waals surface area (Å²) >= 11 is 0. The molecule has 2 atom stereocenters. The molecule has 0 amide bonds. The minimum absolute atomic E-state index is 0.223. The molecule has 108 valence electrons. The lowest BCUT2D eigenvalue weighted by molar-refractivity contribution is 0.0527. The molecule has 0 aliphatic carbocycles. The third-order valence-electron chi connectivity index (χ3n) is 2.95. The smallest absolute Gasteiger partial charge is 0.170 e. The standard InChI is InChI=1S/C16H14FNO3/c17-13-3-1-2-11(8-13)10-21-14-6-4-12(5-7-14)16(20)15(19)9-18/h1-8,15-16,19-20H,10H2. The van der Waals surface area contributed by atoms with Crippen LogP contribution in [0.3, 0.4) is 0 Å². The van der Waals surface area contributed by atoms with Gasteiger partial charge in [0.15, 0.2) is 6.10 Å². The van der Waals surface area contributed by atoms with E-state index in [1.807, 2.05) is 0 Å². The minimum atomic E-state index is -1.47. The Morgan fingerprint density at radius 2 is 1.86 bits per heavy atom. The highest BCUT2D eigenvalue weighted by Crippen LogP contribution is 2.21. The van der Waals surface area contributed by atoms with E-state index in [1.165, 1.54) is 12.1 Å². The summed E-state index contributed by atoms with van der Waals surface area (Å²) in [6.07, 6.45) is -2.73. The van der Waals surface area contributed by atoms with E-state index in [1.54, 1.807) is 42.5 Å². The molecule has 2 aromatic rings. The van der Waals surface area contributed by atoms with Crippen molar-refractivity contribution < 1.29 is 19.3 Å². The molecule has 0 radical (unpaired) electrons. The van der Waals surface area contributed by atoms with Crippen LogP contribution in [0, 0.1) is 17.1 Å². The quantitative estimate of drug-likeness (QED) is 0.828. The first kappa shape index (κ1) is 15.0. The van der Waals surface area contributed by atoms with Crippen LogP contribution in [-0.2, 0) is 6.61 Å². The molecule has 0 saturated carbocycles. The minimum Gasteiger partial charge on any atom is -0.489 e. The fraction of sp³-hybridized carbons (Fsp3) is 0.188. The molecular formula is C16H14FNO3. The molecule has 2 rings (SSSR count). The first-order chi connectivity index (χ1) is 10.1. The van der Waals surface area contributed by atoms with E-state index in [9.17, 15) is 14.6 Å². The molecule has 0 bridgehead atoms. The average Bonchev–Trinajstić information content (AvgIpc) is 2.52. The van der Waals surface area contributed by atoms with Gasteiger partial charge < -0.3 is 14.9 Å². The van der Waals surface area contributed by atoms with E-state index < -0.39 is 12.2 Å². The zero-order valence-corrected chi connectivity index (χ0v) is 11.1. The van der Waals surface area contributed by atoms with Gasteiger partial charge >= 0.3 is 0 Å². The van der Waals surface area contributed by atoms with Gasteiger partial charge in [-0.1, -0.05) is 24.3 Å². The molecule has 2 aromatic carbocycles. The number of ether oxygens (including phenoxy) is 1. The van der Waals surface area contributed by atoms with Crippen molar-refractivity contribution in [2.24, 2.45) is 0 Å². The third-order valence-corrected chi connectivity index (χ3v) is 2.95. The van der Waals surface area contributed by atoms with Gasteiger partial charge in [0.2, 0.25) is 0 Å². The lowest BCUT2D eigenvalue weighted by atomic mass is 10.1. The molecule has 0 aliphatic heterocycles. The maximum atomic E-state index is 13.0. The molecule has 0 heterocycles. The van der Waals surface area contributed by atoms with Crippen molar-refractivity contribution in [1.82, 2.24) is 0 Å². The number of rotatable bonds is 5. The Balaban J connectivity index is 1.98. The largest absolute Gasteiger partial charge is 0.489 e. The second-order valence-corrected chi connectivity index (χ2v) is 4.51. The molecule has 0 fully saturated rings. The van der Waals surface area contributed by atoms with Gasteiger partial charge in [-0.3, -0.25) is 0 Å². The van der Waals surface area contributed by atoms with Gasteiger partial charge in [0.1, 0.15) is 24.3 Å². The molecular weight excluding hydrogens is 273 g/mol. The molecule has 0 aliphatic rings. The first-order valence-corrected chi connectivity index (χ1v) is 6.33. The summed E-state index contributed by atoms with van der Waals surface area (Å²) in [5.41, 5.74) is 1.13. The van der Waals surface area contributed by atoms with Gasteiger partial charge in [-0.2, -0.15) is 5.26 Å². The summed E-state index contributed by atoms with van der Waals surface area (Å²) in [5.74, 6) is 0.224. The normalized spacial score (nSPS) is 13.2. The fourth-order valence-corrected chi connectivity index (χ4v) is 1.81. The van der Waals surface area contributed by atoms with E-state index in [4.69, 9.17) is 10.00 Å². The molecule has 0 aromatic heterocycles. The molecule has 21 heavy (non-hydrogen) atoms. The number of hydrogen-bond acceptors (Lipinski definition) is 4. The molecule has 4 nitrogen and oxygen atoms in total. The fourth-order valence-electron chi connectivity index (χ4n) is 1.81. The highest BCUT2D eigenvalue weighted by atomic mass is 19.1. The summed E-state index contributed by atoms with van der Waals surface area (Å²) in [4.78, 5) is 0. The molecule has 2 N–H and O–H groups in total. The Labute approximate surface area is 121 Å². The zero-order valence-electron chi connectivity index (χ0n) is 11.1. The number of nitrogens with zero attached hydrogens (tertiary/aromatic N) is 1. The van der Waals surface area contributed by atoms with Gasteiger partial charge in [-0.15, -0.1) is 0 Å². The average molecular weight is 287 g/mol. The van der Waals surface area contributed by atoms with Crippen LogP contribution >= 0.6 is 0 Å². The maximum Gasteiger partial charge on any atom is 0.170 e. The van der Waals surface area contributed by atoms with Crippen molar-refractivity contribution >= 4 is 0 Å². The van der Waals surface area contributed by atoms with E-state index >= 15 is 0 Å². The summed E-state index contributed by atoms with van der Waals surface area (Å²) in [6, 6.07) is 14.0. The second-order valence-electron chi connectivity index (χ2n) is 4.51. The number of nitriles is 1. The van der Waals surface area contributed by atoms with E-state index in [2.05, 4.69) is 0 Å². The molecule has 2 unspecified atom stereocenters. The van der Waals surface area contributed by atoms with Crippen LogP contribution in [0.4, 0.5) is 4.39 Å². The summed E-state index contributed by atoms with van der Waals surface area (Å²) in [6.45, 7) is 0.223. The highest BCUT2D eigenvalue weighted by Gasteiger charge is 2.17. The van der Waals surface area contributed by atoms with Crippen LogP contribution in [0.15, 0.2) is 48.5 Å². The van der Waals surface area contributed by atoms with Crippen LogP contribution in [-0.4, -0.2) is 16.3 Å². The van der Waals surface area contributed by atoms with Crippen LogP contribution in [0.2, 0.25) is 0 Å². The predicted molar refractivity (Wildman–Crippen MR) is 73.8 cm³/mol. The lowest BCUT2D eigenvalue weighted by Gasteiger charge is -2.13. The summed E-state index contributed by atoms with van der Waals surface area (Å²) in [5, 5.41) is 27.5. The monoisotopic (exact) mass is 287 g/mol. The Morgan fingerprint density at radius 3 is 2.48 bits per heavy atom. The van der Waals surface area contributed by atoms with E-state index in [-0.39, 0.29) is 12.4 Å². The van der Waals surface area contributed by atoms with E-state index in [0.717, 1.165) is 0 Å². The summed E-state index contributed by atoms with van der Waals surface area (Å²) < 4.78 is 18.5. The zero-order chi connectivity index (χ0) is 15.2. The van der Waals surface area contributed by atoms with Crippen molar-refractivity contribution in [3.05, 3.63) is 65.5 Å². The van der Waals surface area contributed by atoms with Crippen LogP contribution in [0.5, 0.6) is 5.75 Å². The highest BCUT2D eigenvalue weighted by molar-refractivity contribution is 5.30. The predicted octanol–water partition coefficient (Wildman–Crippen LogP) is 2.32. The molecule has 0 saturated heterocycles. The van der Waals surface area contributed by atoms with E-state index in [0.29, 0.717) is 16.9 Å². The number of benzene rings is 2. The Hall–Kier alpha value is -2.42. The lowest BCUT2D eigenvalue weighted by Crippen LogP contribution is -2.15. The number of hydrogen-bond donors (Lipinski definition) is 2. The number of aliphatic hydroxyl groups is 2. The second kappa shape index (κ2) is 6.84. The van der Waals surface area contributed by atoms with Crippen LogP contribution < -0.4 is 4.74 Å². The maximum absolute atomic E-state index is 13.0. The topological polar surface area (TPSA) is 73.5 Å². The van der Waals surface area contributed by atoms with Crippen molar-refractivity contribution in [2.45, 2.75) is 18.8 Å². The van der Waals surface area contributed by atoms with Crippen LogP contribution in [0.25, 0.3) is 0 Å². The van der Waals surface area contributed by atoms with Gasteiger partial charge in [-0.05, 0) is 35.4 Å². The third kappa shape index (κ3) is 4.02. The Kier molecular flexibility index (Phi) is 4.88. The van der Waals surface area contributed by atoms with Crippen molar-refractivity contribution in [3.8, 4) is 11.8 Å². The van der Waals surface area contributed by atoms with Crippen molar-refractivity contribution in [3.63, 3.8) is 0 Å². The van der Waals surface area contributed by atoms with Crippen molar-refractivity contribution in [2.75, 3.05) is 0 Å². The first-order valence-electron chi connectivity index (χ1n) is 6.33. The van der Waals surface area contributed by atoms with Gasteiger partial charge in [-0.25, -0.2) is 4.39 Å².